The Morgan fingerprint density at radius 1 is 0.864 bits per heavy atom. The Balaban J connectivity index is 1.46. The number of rotatable bonds is 7. The number of nitrogens with two attached hydrogens (primary N) is 1. The van der Waals surface area contributed by atoms with Crippen LogP contribution in [0.15, 0.2) is 0 Å². The molecule has 11 atom stereocenters. The zero-order valence-electron chi connectivity index (χ0n) is 29.6. The van der Waals surface area contributed by atoms with Gasteiger partial charge in [-0.05, 0) is 129 Å². The average molecular weight is 614 g/mol. The second-order valence-corrected chi connectivity index (χ2v) is 18.6. The van der Waals surface area contributed by atoms with Gasteiger partial charge in [-0.2, -0.15) is 0 Å². The molecule has 5 fully saturated rings. The van der Waals surface area contributed by atoms with Crippen LogP contribution in [-0.2, 0) is 19.1 Å². The smallest absolute Gasteiger partial charge is 0.309 e. The van der Waals surface area contributed by atoms with E-state index in [0.717, 1.165) is 64.2 Å². The first-order valence-corrected chi connectivity index (χ1v) is 17.9. The molecule has 0 bridgehead atoms. The maximum absolute atomic E-state index is 13.4. The van der Waals surface area contributed by atoms with Crippen LogP contribution in [0.4, 0.5) is 0 Å². The monoisotopic (exact) mass is 613 g/mol. The summed E-state index contributed by atoms with van der Waals surface area (Å²) in [7, 11) is 0. The molecule has 0 heterocycles. The number of primary amides is 1. The molecule has 0 aliphatic heterocycles. The first-order valence-electron chi connectivity index (χ1n) is 17.9. The molecule has 44 heavy (non-hydrogen) atoms. The van der Waals surface area contributed by atoms with Crippen molar-refractivity contribution in [2.75, 3.05) is 0 Å². The fourth-order valence-corrected chi connectivity index (χ4v) is 13.4. The van der Waals surface area contributed by atoms with Gasteiger partial charge < -0.3 is 15.6 Å². The number of hydrogen-bond donors (Lipinski definition) is 2. The van der Waals surface area contributed by atoms with Crippen LogP contribution in [0.2, 0.25) is 0 Å². The van der Waals surface area contributed by atoms with Crippen molar-refractivity contribution in [3.05, 3.63) is 0 Å². The summed E-state index contributed by atoms with van der Waals surface area (Å²) < 4.78 is 6.15. The summed E-state index contributed by atoms with van der Waals surface area (Å²) in [5, 5.41) is 9.56. The molecule has 0 aromatic heterocycles. The lowest BCUT2D eigenvalue weighted by Gasteiger charge is -2.76. The van der Waals surface area contributed by atoms with E-state index in [0.29, 0.717) is 29.6 Å². The van der Waals surface area contributed by atoms with E-state index in [2.05, 4.69) is 55.4 Å². The van der Waals surface area contributed by atoms with Gasteiger partial charge in [0.05, 0.1) is 17.3 Å². The molecule has 5 rings (SSSR count). The van der Waals surface area contributed by atoms with Crippen LogP contribution in [0.1, 0.15) is 146 Å². The Morgan fingerprint density at radius 2 is 1.48 bits per heavy atom. The molecule has 5 aliphatic carbocycles. The highest BCUT2D eigenvalue weighted by Crippen LogP contribution is 2.81. The molecule has 0 aromatic carbocycles. The van der Waals surface area contributed by atoms with Crippen molar-refractivity contribution in [1.29, 1.82) is 0 Å². The summed E-state index contributed by atoms with van der Waals surface area (Å²) >= 11 is 0. The lowest BCUT2D eigenvalue weighted by Crippen LogP contribution is -2.70. The standard InChI is InChI=1S/C38H63NO5/c1-11-23(2)24-12-19-38(30(39)41)21-20-37(10)35(8)17-13-25-33(5,6)27(44-28(40)22-32(3,4)31(42)43)15-16-34(25,7)26(35)14-18-36(37,9)29(24)38/h23-27,29H,11-22H2,1-10H3,(H2,39,41)(H,42,43)/t23?,24-,25-,26+,27-,29+,34-,35+,36+,37-,38-/m0/s1. The average Bonchev–Trinajstić information content (AvgIpc) is 3.33. The van der Waals surface area contributed by atoms with E-state index < -0.39 is 17.4 Å². The number of carbonyl (C=O) groups is 3. The Labute approximate surface area is 267 Å². The Hall–Kier alpha value is -1.59. The van der Waals surface area contributed by atoms with Crippen LogP contribution in [-0.4, -0.2) is 29.1 Å². The van der Waals surface area contributed by atoms with E-state index in [1.165, 1.54) is 6.42 Å². The second-order valence-electron chi connectivity index (χ2n) is 18.6. The van der Waals surface area contributed by atoms with Crippen LogP contribution < -0.4 is 5.73 Å². The fraction of sp³-hybridized carbons (Fsp3) is 0.921. The van der Waals surface area contributed by atoms with E-state index in [-0.39, 0.29) is 50.9 Å². The normalized spacial score (nSPS) is 46.9. The van der Waals surface area contributed by atoms with E-state index in [1.54, 1.807) is 13.8 Å². The minimum Gasteiger partial charge on any atom is -0.481 e. The SMILES string of the molecule is CCC(C)[C@@H]1CC[C@]2(C(N)=O)CC[C@@]3(C)[C@]4(C)CC[C@H]5C(C)(C)[C@@H](OC(=O)CC(C)(C)C(=O)O)CC[C@]5(C)[C@H]4CC[C@]3(C)[C@@H]12. The van der Waals surface area contributed by atoms with Gasteiger partial charge in [0.25, 0.3) is 0 Å². The number of esters is 1. The van der Waals surface area contributed by atoms with E-state index >= 15 is 0 Å². The second kappa shape index (κ2) is 10.5. The van der Waals surface area contributed by atoms with Gasteiger partial charge in [0, 0.05) is 5.41 Å². The molecule has 250 valence electrons. The van der Waals surface area contributed by atoms with Crippen LogP contribution in [0.25, 0.3) is 0 Å². The van der Waals surface area contributed by atoms with Crippen LogP contribution in [0, 0.1) is 67.5 Å². The molecule has 0 radical (unpaired) electrons. The van der Waals surface area contributed by atoms with Gasteiger partial charge in [0.15, 0.2) is 0 Å². The van der Waals surface area contributed by atoms with Crippen molar-refractivity contribution in [2.24, 2.45) is 73.2 Å². The third-order valence-electron chi connectivity index (χ3n) is 16.5. The highest BCUT2D eigenvalue weighted by Gasteiger charge is 2.75. The molecule has 6 heteroatoms. The molecule has 0 spiro atoms. The van der Waals surface area contributed by atoms with Gasteiger partial charge in [0.1, 0.15) is 6.10 Å². The van der Waals surface area contributed by atoms with Crippen LogP contribution >= 0.6 is 0 Å². The number of aliphatic carboxylic acids is 1. The molecule has 3 N–H and O–H groups in total. The quantitative estimate of drug-likeness (QED) is 0.280. The number of ether oxygens (including phenoxy) is 1. The van der Waals surface area contributed by atoms with Gasteiger partial charge in [-0.25, -0.2) is 0 Å². The maximum atomic E-state index is 13.4. The Morgan fingerprint density at radius 3 is 2.07 bits per heavy atom. The molecule has 1 amide bonds. The van der Waals surface area contributed by atoms with Crippen molar-refractivity contribution in [2.45, 2.75) is 152 Å². The Kier molecular flexibility index (Phi) is 8.03. The zero-order valence-corrected chi connectivity index (χ0v) is 29.6. The molecular formula is C38H63NO5. The molecule has 0 saturated heterocycles. The third kappa shape index (κ3) is 4.33. The van der Waals surface area contributed by atoms with Crippen molar-refractivity contribution < 1.29 is 24.2 Å². The first kappa shape index (κ1) is 33.8. The number of carboxylic acid groups (broad SMARTS) is 1. The van der Waals surface area contributed by atoms with E-state index in [1.807, 2.05) is 0 Å². The summed E-state index contributed by atoms with van der Waals surface area (Å²) in [6.07, 6.45) is 11.4. The minimum absolute atomic E-state index is 0.0408. The molecule has 5 saturated carbocycles. The van der Waals surface area contributed by atoms with Crippen molar-refractivity contribution in [1.82, 2.24) is 0 Å². The molecular weight excluding hydrogens is 550 g/mol. The highest BCUT2D eigenvalue weighted by atomic mass is 16.5. The molecule has 0 aromatic rings. The van der Waals surface area contributed by atoms with Crippen LogP contribution in [0.5, 0.6) is 0 Å². The summed E-state index contributed by atoms with van der Waals surface area (Å²) in [4.78, 5) is 38.1. The predicted molar refractivity (Wildman–Crippen MR) is 173 cm³/mol. The van der Waals surface area contributed by atoms with Gasteiger partial charge >= 0.3 is 11.9 Å². The molecule has 1 unspecified atom stereocenters. The molecule has 6 nitrogen and oxygen atoms in total. The van der Waals surface area contributed by atoms with Crippen LogP contribution in [0.3, 0.4) is 0 Å². The topological polar surface area (TPSA) is 107 Å². The Bertz CT molecular complexity index is 1190. The summed E-state index contributed by atoms with van der Waals surface area (Å²) in [6.45, 7) is 22.8. The van der Waals surface area contributed by atoms with Crippen molar-refractivity contribution >= 4 is 17.8 Å². The van der Waals surface area contributed by atoms with Gasteiger partial charge in [-0.1, -0.05) is 61.8 Å². The van der Waals surface area contributed by atoms with E-state index in [9.17, 15) is 19.5 Å². The number of amides is 1. The predicted octanol–water partition coefficient (Wildman–Crippen LogP) is 8.40. The number of carboxylic acids is 1. The van der Waals surface area contributed by atoms with Crippen molar-refractivity contribution in [3.63, 3.8) is 0 Å². The largest absolute Gasteiger partial charge is 0.481 e. The van der Waals surface area contributed by atoms with Gasteiger partial charge in [-0.3, -0.25) is 14.4 Å². The van der Waals surface area contributed by atoms with Crippen molar-refractivity contribution in [3.8, 4) is 0 Å². The van der Waals surface area contributed by atoms with Gasteiger partial charge in [0.2, 0.25) is 5.91 Å². The summed E-state index contributed by atoms with van der Waals surface area (Å²) in [5.41, 5.74) is 5.15. The number of fused-ring (bicyclic) bond motifs is 7. The summed E-state index contributed by atoms with van der Waals surface area (Å²) in [6, 6.07) is 0. The first-order chi connectivity index (χ1) is 20.2. The highest BCUT2D eigenvalue weighted by molar-refractivity contribution is 5.82. The number of hydrogen-bond acceptors (Lipinski definition) is 4. The van der Waals surface area contributed by atoms with Gasteiger partial charge in [-0.15, -0.1) is 0 Å². The number of carbonyl (C=O) groups excluding carboxylic acids is 2. The summed E-state index contributed by atoms with van der Waals surface area (Å²) in [5.74, 6) is 1.09. The van der Waals surface area contributed by atoms with E-state index in [4.69, 9.17) is 10.5 Å². The third-order valence-corrected chi connectivity index (χ3v) is 16.5. The lowest BCUT2D eigenvalue weighted by atomic mass is 9.28. The lowest BCUT2D eigenvalue weighted by molar-refractivity contribution is -0.278. The minimum atomic E-state index is -1.14. The fourth-order valence-electron chi connectivity index (χ4n) is 13.4. The molecule has 5 aliphatic rings. The zero-order chi connectivity index (χ0) is 32.9. The maximum Gasteiger partial charge on any atom is 0.309 e.